The molecule has 1 rings (SSSR count). The Kier molecular flexibility index (Phi) is 6.87. The minimum absolute atomic E-state index is 0.114. The summed E-state index contributed by atoms with van der Waals surface area (Å²) >= 11 is 0. The first-order valence-electron chi connectivity index (χ1n) is 6.61. The van der Waals surface area contributed by atoms with Gasteiger partial charge in [0.25, 0.3) is 0 Å². The predicted octanol–water partition coefficient (Wildman–Crippen LogP) is 2.49. The Morgan fingerprint density at radius 1 is 1.15 bits per heavy atom. The minimum Gasteiger partial charge on any atom is -0.317 e. The van der Waals surface area contributed by atoms with Crippen LogP contribution in [-0.4, -0.2) is 27.3 Å². The van der Waals surface area contributed by atoms with Gasteiger partial charge >= 0.3 is 0 Å². The molecule has 114 valence electrons. The summed E-state index contributed by atoms with van der Waals surface area (Å²) in [5, 5.41) is 3.16. The molecule has 0 amide bonds. The molecule has 0 saturated heterocycles. The van der Waals surface area contributed by atoms with Crippen LogP contribution in [0.15, 0.2) is 18.2 Å². The molecule has 0 fully saturated rings. The predicted molar refractivity (Wildman–Crippen MR) is 76.2 cm³/mol. The first-order chi connectivity index (χ1) is 9.44. The molecule has 0 spiro atoms. The summed E-state index contributed by atoms with van der Waals surface area (Å²) in [5.74, 6) is -1.59. The van der Waals surface area contributed by atoms with E-state index in [0.717, 1.165) is 37.7 Å². The van der Waals surface area contributed by atoms with E-state index >= 15 is 0 Å². The average Bonchev–Trinajstić information content (AvgIpc) is 2.38. The maximum Gasteiger partial charge on any atom is 0.232 e. The highest BCUT2D eigenvalue weighted by molar-refractivity contribution is 7.92. The Labute approximate surface area is 118 Å². The van der Waals surface area contributed by atoms with Gasteiger partial charge in [-0.2, -0.15) is 0 Å². The molecule has 0 radical (unpaired) electrons. The Morgan fingerprint density at radius 3 is 2.60 bits per heavy atom. The molecule has 0 unspecified atom stereocenters. The molecular weight excluding hydrogens is 286 g/mol. The molecule has 0 aliphatic rings. The molecule has 4 nitrogen and oxygen atoms in total. The third-order valence-corrected chi connectivity index (χ3v) is 3.99. The van der Waals surface area contributed by atoms with E-state index in [9.17, 15) is 17.2 Å². The molecule has 0 aliphatic heterocycles. The van der Waals surface area contributed by atoms with Gasteiger partial charge < -0.3 is 5.32 Å². The van der Waals surface area contributed by atoms with Gasteiger partial charge in [-0.3, -0.25) is 4.72 Å². The zero-order valence-electron chi connectivity index (χ0n) is 11.5. The molecule has 0 atom stereocenters. The standard InChI is InChI=1S/C13H20F2N2O2S/c1-2-7-16-8-3-4-9-20(18,19)17-13-10-11(14)5-6-12(13)15/h5-6,10,16-17H,2-4,7-9H2,1H3. The van der Waals surface area contributed by atoms with E-state index in [1.807, 2.05) is 0 Å². The molecule has 0 saturated carbocycles. The van der Waals surface area contributed by atoms with Gasteiger partial charge in [-0.15, -0.1) is 0 Å². The van der Waals surface area contributed by atoms with Crippen molar-refractivity contribution in [2.75, 3.05) is 23.6 Å². The number of rotatable bonds is 9. The summed E-state index contributed by atoms with van der Waals surface area (Å²) < 4.78 is 51.8. The van der Waals surface area contributed by atoms with Crippen LogP contribution in [0.25, 0.3) is 0 Å². The minimum atomic E-state index is -3.65. The summed E-state index contributed by atoms with van der Waals surface area (Å²) in [7, 11) is -3.65. The van der Waals surface area contributed by atoms with E-state index in [2.05, 4.69) is 17.0 Å². The van der Waals surface area contributed by atoms with Crippen molar-refractivity contribution in [1.82, 2.24) is 5.32 Å². The normalized spacial score (nSPS) is 11.6. The molecular formula is C13H20F2N2O2S. The van der Waals surface area contributed by atoms with Crippen molar-refractivity contribution in [2.24, 2.45) is 0 Å². The van der Waals surface area contributed by atoms with E-state index < -0.39 is 21.7 Å². The number of unbranched alkanes of at least 4 members (excludes halogenated alkanes) is 1. The van der Waals surface area contributed by atoms with Gasteiger partial charge in [-0.25, -0.2) is 17.2 Å². The second-order valence-electron chi connectivity index (χ2n) is 4.50. The van der Waals surface area contributed by atoms with E-state index in [1.165, 1.54) is 0 Å². The highest BCUT2D eigenvalue weighted by Gasteiger charge is 2.13. The lowest BCUT2D eigenvalue weighted by Crippen LogP contribution is -2.20. The van der Waals surface area contributed by atoms with E-state index in [-0.39, 0.29) is 11.4 Å². The van der Waals surface area contributed by atoms with Gasteiger partial charge in [0.1, 0.15) is 11.6 Å². The van der Waals surface area contributed by atoms with Crippen molar-refractivity contribution < 1.29 is 17.2 Å². The number of sulfonamides is 1. The van der Waals surface area contributed by atoms with Crippen LogP contribution in [0.5, 0.6) is 0 Å². The highest BCUT2D eigenvalue weighted by atomic mass is 32.2. The van der Waals surface area contributed by atoms with Crippen LogP contribution in [0.1, 0.15) is 26.2 Å². The monoisotopic (exact) mass is 306 g/mol. The van der Waals surface area contributed by atoms with Crippen molar-refractivity contribution >= 4 is 15.7 Å². The van der Waals surface area contributed by atoms with Gasteiger partial charge in [0.15, 0.2) is 0 Å². The molecule has 2 N–H and O–H groups in total. The van der Waals surface area contributed by atoms with Crippen molar-refractivity contribution in [3.05, 3.63) is 29.8 Å². The summed E-state index contributed by atoms with van der Waals surface area (Å²) in [4.78, 5) is 0. The largest absolute Gasteiger partial charge is 0.317 e. The Morgan fingerprint density at radius 2 is 1.90 bits per heavy atom. The second kappa shape index (κ2) is 8.16. The van der Waals surface area contributed by atoms with Gasteiger partial charge in [0.2, 0.25) is 10.0 Å². The van der Waals surface area contributed by atoms with Crippen molar-refractivity contribution in [1.29, 1.82) is 0 Å². The van der Waals surface area contributed by atoms with Crippen molar-refractivity contribution in [3.63, 3.8) is 0 Å². The highest BCUT2D eigenvalue weighted by Crippen LogP contribution is 2.17. The fourth-order valence-electron chi connectivity index (χ4n) is 1.64. The van der Waals surface area contributed by atoms with Gasteiger partial charge in [0.05, 0.1) is 11.4 Å². The van der Waals surface area contributed by atoms with Crippen molar-refractivity contribution in [2.45, 2.75) is 26.2 Å². The van der Waals surface area contributed by atoms with Crippen LogP contribution >= 0.6 is 0 Å². The zero-order valence-corrected chi connectivity index (χ0v) is 12.3. The van der Waals surface area contributed by atoms with Crippen LogP contribution in [0.4, 0.5) is 14.5 Å². The SMILES string of the molecule is CCCNCCCCS(=O)(=O)Nc1cc(F)ccc1F. The van der Waals surface area contributed by atoms with Crippen LogP contribution in [-0.2, 0) is 10.0 Å². The summed E-state index contributed by atoms with van der Waals surface area (Å²) in [5.41, 5.74) is -0.353. The van der Waals surface area contributed by atoms with Gasteiger partial charge in [-0.1, -0.05) is 6.92 Å². The lowest BCUT2D eigenvalue weighted by atomic mass is 10.3. The lowest BCUT2D eigenvalue weighted by molar-refractivity contribution is 0.587. The fourth-order valence-corrected chi connectivity index (χ4v) is 2.82. The maximum atomic E-state index is 13.3. The summed E-state index contributed by atoms with van der Waals surface area (Å²) in [6.45, 7) is 3.70. The molecule has 20 heavy (non-hydrogen) atoms. The molecule has 1 aromatic rings. The molecule has 0 aromatic heterocycles. The third-order valence-electron chi connectivity index (χ3n) is 2.64. The lowest BCUT2D eigenvalue weighted by Gasteiger charge is -2.09. The van der Waals surface area contributed by atoms with Crippen LogP contribution < -0.4 is 10.0 Å². The molecule has 0 heterocycles. The maximum absolute atomic E-state index is 13.3. The quantitative estimate of drug-likeness (QED) is 0.689. The number of anilines is 1. The summed E-state index contributed by atoms with van der Waals surface area (Å²) in [6.07, 6.45) is 2.20. The van der Waals surface area contributed by atoms with Crippen molar-refractivity contribution in [3.8, 4) is 0 Å². The van der Waals surface area contributed by atoms with E-state index in [0.29, 0.717) is 12.8 Å². The number of benzene rings is 1. The topological polar surface area (TPSA) is 58.2 Å². The van der Waals surface area contributed by atoms with Gasteiger partial charge in [-0.05, 0) is 44.5 Å². The zero-order chi connectivity index (χ0) is 15.0. The number of nitrogens with one attached hydrogen (secondary N) is 2. The molecule has 0 aliphatic carbocycles. The number of halogens is 2. The van der Waals surface area contributed by atoms with Crippen LogP contribution in [0.2, 0.25) is 0 Å². The van der Waals surface area contributed by atoms with Gasteiger partial charge in [0, 0.05) is 6.07 Å². The smallest absolute Gasteiger partial charge is 0.232 e. The second-order valence-corrected chi connectivity index (χ2v) is 6.34. The molecule has 1 aromatic carbocycles. The molecule has 0 bridgehead atoms. The van der Waals surface area contributed by atoms with E-state index in [4.69, 9.17) is 0 Å². The summed E-state index contributed by atoms with van der Waals surface area (Å²) in [6, 6.07) is 2.66. The number of hydrogen-bond donors (Lipinski definition) is 2. The third kappa shape index (κ3) is 6.29. The number of hydrogen-bond acceptors (Lipinski definition) is 3. The fraction of sp³-hybridized carbons (Fsp3) is 0.538. The van der Waals surface area contributed by atoms with Crippen LogP contribution in [0.3, 0.4) is 0 Å². The first-order valence-corrected chi connectivity index (χ1v) is 8.26. The Bertz CT molecular complexity index is 521. The molecule has 7 heteroatoms. The Balaban J connectivity index is 2.43. The van der Waals surface area contributed by atoms with E-state index in [1.54, 1.807) is 0 Å². The van der Waals surface area contributed by atoms with Crippen LogP contribution in [0, 0.1) is 11.6 Å². The Hall–Kier alpha value is -1.21. The first kappa shape index (κ1) is 16.8. The average molecular weight is 306 g/mol.